The highest BCUT2D eigenvalue weighted by Gasteiger charge is 2.22. The molecule has 1 aromatic heterocycles. The van der Waals surface area contributed by atoms with Crippen LogP contribution in [-0.4, -0.2) is 53.6 Å². The van der Waals surface area contributed by atoms with Crippen molar-refractivity contribution in [2.45, 2.75) is 13.8 Å². The van der Waals surface area contributed by atoms with Crippen molar-refractivity contribution < 1.29 is 23.5 Å². The van der Waals surface area contributed by atoms with E-state index in [4.69, 9.17) is 9.47 Å². The van der Waals surface area contributed by atoms with Crippen LogP contribution in [0.3, 0.4) is 0 Å². The molecule has 0 aliphatic rings. The van der Waals surface area contributed by atoms with Crippen LogP contribution in [0, 0.1) is 11.7 Å². The number of rotatable bonds is 10. The smallest absolute Gasteiger partial charge is 0.254 e. The monoisotopic (exact) mass is 530 g/mol. The minimum atomic E-state index is -0.434. The number of carbonyl (C=O) groups excluding carboxylic acids is 2. The Labute approximate surface area is 227 Å². The van der Waals surface area contributed by atoms with E-state index in [0.29, 0.717) is 35.0 Å². The molecule has 4 aromatic rings. The van der Waals surface area contributed by atoms with Gasteiger partial charge in [0, 0.05) is 29.9 Å². The Balaban J connectivity index is 1.65. The van der Waals surface area contributed by atoms with Crippen LogP contribution >= 0.6 is 0 Å². The molecule has 8 nitrogen and oxygen atoms in total. The average Bonchev–Trinajstić information content (AvgIpc) is 3.36. The third-order valence-corrected chi connectivity index (χ3v) is 5.97. The van der Waals surface area contributed by atoms with Crippen molar-refractivity contribution in [1.82, 2.24) is 14.5 Å². The van der Waals surface area contributed by atoms with E-state index in [1.165, 1.54) is 29.2 Å². The number of nitrogens with one attached hydrogen (secondary N) is 1. The first-order chi connectivity index (χ1) is 18.8. The molecular formula is C30H31FN4O4. The van der Waals surface area contributed by atoms with Crippen molar-refractivity contribution in [2.24, 2.45) is 5.92 Å². The van der Waals surface area contributed by atoms with Gasteiger partial charge in [-0.3, -0.25) is 19.5 Å². The van der Waals surface area contributed by atoms with Crippen molar-refractivity contribution in [2.75, 3.05) is 32.6 Å². The van der Waals surface area contributed by atoms with Crippen LogP contribution in [0.1, 0.15) is 24.2 Å². The molecule has 0 atom stereocenters. The van der Waals surface area contributed by atoms with Gasteiger partial charge in [0.2, 0.25) is 11.9 Å². The fourth-order valence-electron chi connectivity index (χ4n) is 4.16. The molecule has 0 saturated heterocycles. The van der Waals surface area contributed by atoms with Crippen molar-refractivity contribution in [1.29, 1.82) is 0 Å². The summed E-state index contributed by atoms with van der Waals surface area (Å²) in [6, 6.07) is 20.3. The van der Waals surface area contributed by atoms with E-state index >= 15 is 0 Å². The molecule has 0 bridgehead atoms. The molecule has 1 N–H and O–H groups in total. The molecule has 0 fully saturated rings. The molecule has 9 heteroatoms. The summed E-state index contributed by atoms with van der Waals surface area (Å²) in [5.41, 5.74) is 2.53. The van der Waals surface area contributed by atoms with Gasteiger partial charge in [-0.15, -0.1) is 0 Å². The topological polar surface area (TPSA) is 85.7 Å². The summed E-state index contributed by atoms with van der Waals surface area (Å²) >= 11 is 0. The molecule has 202 valence electrons. The molecule has 0 spiro atoms. The van der Waals surface area contributed by atoms with E-state index in [0.717, 1.165) is 5.56 Å². The normalized spacial score (nSPS) is 10.8. The highest BCUT2D eigenvalue weighted by atomic mass is 19.1. The van der Waals surface area contributed by atoms with Crippen molar-refractivity contribution >= 4 is 17.8 Å². The number of methoxy groups -OCH3 is 2. The maximum atomic E-state index is 13.4. The fourth-order valence-corrected chi connectivity index (χ4v) is 4.16. The Kier molecular flexibility index (Phi) is 8.60. The zero-order valence-electron chi connectivity index (χ0n) is 22.3. The molecule has 1 heterocycles. The number of imidazole rings is 1. The third-order valence-electron chi connectivity index (χ3n) is 5.97. The van der Waals surface area contributed by atoms with E-state index < -0.39 is 11.7 Å². The minimum absolute atomic E-state index is 0.112. The summed E-state index contributed by atoms with van der Waals surface area (Å²) in [6.07, 6.45) is 1.82. The highest BCUT2D eigenvalue weighted by Crippen LogP contribution is 2.31. The van der Waals surface area contributed by atoms with Crippen LogP contribution < -0.4 is 14.8 Å². The summed E-state index contributed by atoms with van der Waals surface area (Å²) in [5, 5.41) is 2.87. The Morgan fingerprint density at radius 2 is 1.67 bits per heavy atom. The summed E-state index contributed by atoms with van der Waals surface area (Å²) in [6.45, 7) is 4.06. The molecule has 0 aliphatic carbocycles. The first-order valence-corrected chi connectivity index (χ1v) is 12.5. The Morgan fingerprint density at radius 3 is 2.31 bits per heavy atom. The van der Waals surface area contributed by atoms with Gasteiger partial charge < -0.3 is 14.4 Å². The summed E-state index contributed by atoms with van der Waals surface area (Å²) in [4.78, 5) is 32.6. The molecule has 4 rings (SSSR count). The molecule has 2 amide bonds. The number of carbonyl (C=O) groups is 2. The second kappa shape index (κ2) is 12.3. The van der Waals surface area contributed by atoms with Crippen LogP contribution in [0.25, 0.3) is 16.9 Å². The van der Waals surface area contributed by atoms with Gasteiger partial charge in [-0.2, -0.15) is 0 Å². The standard InChI is InChI=1S/C30H31FN4O4/c1-20(2)17-34(29(37)22-10-12-23(31)13-11-22)19-28(36)33-30-32-25(21-8-6-5-7-9-21)18-35(30)24-14-15-26(38-3)27(16-24)39-4/h5-16,18,20H,17,19H2,1-4H3,(H,32,33,36). The zero-order chi connectivity index (χ0) is 27.9. The number of ether oxygens (including phenoxy) is 2. The van der Waals surface area contributed by atoms with Gasteiger partial charge in [-0.1, -0.05) is 44.2 Å². The number of anilines is 1. The van der Waals surface area contributed by atoms with Gasteiger partial charge in [0.05, 0.1) is 25.6 Å². The molecule has 0 saturated carbocycles. The van der Waals surface area contributed by atoms with Crippen molar-refractivity contribution in [3.8, 4) is 28.4 Å². The van der Waals surface area contributed by atoms with Crippen LogP contribution in [0.5, 0.6) is 11.5 Å². The van der Waals surface area contributed by atoms with Gasteiger partial charge in [-0.05, 0) is 42.3 Å². The minimum Gasteiger partial charge on any atom is -0.493 e. The Hall–Kier alpha value is -4.66. The van der Waals surface area contributed by atoms with Gasteiger partial charge in [0.1, 0.15) is 12.4 Å². The largest absolute Gasteiger partial charge is 0.493 e. The lowest BCUT2D eigenvalue weighted by atomic mass is 10.1. The number of hydrogen-bond acceptors (Lipinski definition) is 5. The number of aromatic nitrogens is 2. The number of nitrogens with zero attached hydrogens (tertiary/aromatic N) is 3. The Bertz CT molecular complexity index is 1440. The number of hydrogen-bond donors (Lipinski definition) is 1. The van der Waals surface area contributed by atoms with Crippen molar-refractivity contribution in [3.05, 3.63) is 90.4 Å². The lowest BCUT2D eigenvalue weighted by Gasteiger charge is -2.24. The van der Waals surface area contributed by atoms with E-state index in [9.17, 15) is 14.0 Å². The maximum Gasteiger partial charge on any atom is 0.254 e. The highest BCUT2D eigenvalue weighted by molar-refractivity contribution is 5.99. The number of amides is 2. The van der Waals surface area contributed by atoms with Crippen LogP contribution in [0.2, 0.25) is 0 Å². The average molecular weight is 531 g/mol. The predicted octanol–water partition coefficient (Wildman–Crippen LogP) is 5.43. The molecular weight excluding hydrogens is 499 g/mol. The quantitative estimate of drug-likeness (QED) is 0.295. The molecule has 0 unspecified atom stereocenters. The van der Waals surface area contributed by atoms with Crippen LogP contribution in [0.15, 0.2) is 79.0 Å². The van der Waals surface area contributed by atoms with Gasteiger partial charge >= 0.3 is 0 Å². The first-order valence-electron chi connectivity index (χ1n) is 12.5. The van der Waals surface area contributed by atoms with Crippen LogP contribution in [-0.2, 0) is 4.79 Å². The van der Waals surface area contributed by atoms with Gasteiger partial charge in [0.15, 0.2) is 11.5 Å². The molecule has 3 aromatic carbocycles. The SMILES string of the molecule is COc1ccc(-n2cc(-c3ccccc3)nc2NC(=O)CN(CC(C)C)C(=O)c2ccc(F)cc2)cc1OC. The summed E-state index contributed by atoms with van der Waals surface area (Å²) in [5.74, 6) is 0.278. The lowest BCUT2D eigenvalue weighted by Crippen LogP contribution is -2.40. The molecule has 0 radical (unpaired) electrons. The van der Waals surface area contributed by atoms with E-state index in [2.05, 4.69) is 10.3 Å². The van der Waals surface area contributed by atoms with Gasteiger partial charge in [-0.25, -0.2) is 9.37 Å². The summed E-state index contributed by atoms with van der Waals surface area (Å²) in [7, 11) is 3.11. The van der Waals surface area contributed by atoms with Gasteiger partial charge in [0.25, 0.3) is 5.91 Å². The maximum absolute atomic E-state index is 13.4. The second-order valence-electron chi connectivity index (χ2n) is 9.36. The second-order valence-corrected chi connectivity index (χ2v) is 9.36. The molecule has 0 aliphatic heterocycles. The summed E-state index contributed by atoms with van der Waals surface area (Å²) < 4.78 is 26.0. The predicted molar refractivity (Wildman–Crippen MR) is 148 cm³/mol. The Morgan fingerprint density at radius 1 is 0.974 bits per heavy atom. The first kappa shape index (κ1) is 27.4. The number of halogens is 1. The van der Waals surface area contributed by atoms with Crippen LogP contribution in [0.4, 0.5) is 10.3 Å². The van der Waals surface area contributed by atoms with Crippen molar-refractivity contribution in [3.63, 3.8) is 0 Å². The van der Waals surface area contributed by atoms with E-state index in [1.54, 1.807) is 30.9 Å². The molecule has 39 heavy (non-hydrogen) atoms. The zero-order valence-corrected chi connectivity index (χ0v) is 22.3. The number of benzene rings is 3. The fraction of sp³-hybridized carbons (Fsp3) is 0.233. The van der Waals surface area contributed by atoms with E-state index in [1.807, 2.05) is 56.4 Å². The lowest BCUT2D eigenvalue weighted by molar-refractivity contribution is -0.117. The van der Waals surface area contributed by atoms with E-state index in [-0.39, 0.29) is 24.3 Å². The third kappa shape index (κ3) is 6.62.